The summed E-state index contributed by atoms with van der Waals surface area (Å²) in [6.07, 6.45) is 3.11. The second-order valence-electron chi connectivity index (χ2n) is 6.73. The molecule has 6 nitrogen and oxygen atoms in total. The van der Waals surface area contributed by atoms with E-state index in [2.05, 4.69) is 5.32 Å². The lowest BCUT2D eigenvalue weighted by Crippen LogP contribution is -2.70. The first kappa shape index (κ1) is 14.8. The second kappa shape index (κ2) is 4.69. The summed E-state index contributed by atoms with van der Waals surface area (Å²) in [5.74, 6) is 0.0721. The Hall–Kier alpha value is -1.11. The quantitative estimate of drug-likeness (QED) is 0.799. The molecular formula is C14H22N2O4S. The van der Waals surface area contributed by atoms with E-state index in [1.165, 1.54) is 4.90 Å². The van der Waals surface area contributed by atoms with Gasteiger partial charge in [-0.05, 0) is 45.4 Å². The van der Waals surface area contributed by atoms with E-state index >= 15 is 0 Å². The lowest BCUT2D eigenvalue weighted by atomic mass is 9.89. The van der Waals surface area contributed by atoms with Crippen molar-refractivity contribution in [3.63, 3.8) is 0 Å². The summed E-state index contributed by atoms with van der Waals surface area (Å²) in [7, 11) is -3.12. The molecule has 1 aliphatic carbocycles. The van der Waals surface area contributed by atoms with Gasteiger partial charge in [-0.25, -0.2) is 8.42 Å². The average molecular weight is 314 g/mol. The number of sulfone groups is 1. The van der Waals surface area contributed by atoms with E-state index in [9.17, 15) is 18.0 Å². The molecular weight excluding hydrogens is 292 g/mol. The molecule has 0 radical (unpaired) electrons. The summed E-state index contributed by atoms with van der Waals surface area (Å²) in [5.41, 5.74) is -0.855. The molecule has 3 rings (SSSR count). The standard InChI is InChI=1S/C14H22N2O4S/c1-9-12(17)15-14(2,10-5-6-10)13(18)16(9)8-11-4-3-7-21(11,19)20/h9-11H,3-8H2,1-2H3,(H,15,17). The molecule has 1 saturated carbocycles. The monoisotopic (exact) mass is 314 g/mol. The van der Waals surface area contributed by atoms with Crippen molar-refractivity contribution in [3.8, 4) is 0 Å². The van der Waals surface area contributed by atoms with Crippen molar-refractivity contribution in [2.75, 3.05) is 12.3 Å². The molecule has 2 saturated heterocycles. The number of nitrogens with zero attached hydrogens (tertiary/aromatic N) is 1. The molecule has 1 N–H and O–H groups in total. The highest BCUT2D eigenvalue weighted by molar-refractivity contribution is 7.92. The molecule has 0 aromatic carbocycles. The molecule has 118 valence electrons. The molecule has 0 bridgehead atoms. The molecule has 2 amide bonds. The van der Waals surface area contributed by atoms with Crippen molar-refractivity contribution in [1.82, 2.24) is 10.2 Å². The Bertz CT molecular complexity index is 584. The van der Waals surface area contributed by atoms with Crippen LogP contribution in [-0.2, 0) is 19.4 Å². The number of nitrogens with one attached hydrogen (secondary N) is 1. The summed E-state index contributed by atoms with van der Waals surface area (Å²) < 4.78 is 24.0. The van der Waals surface area contributed by atoms with E-state index < -0.39 is 26.7 Å². The summed E-state index contributed by atoms with van der Waals surface area (Å²) in [4.78, 5) is 26.5. The highest BCUT2D eigenvalue weighted by atomic mass is 32.2. The summed E-state index contributed by atoms with van der Waals surface area (Å²) in [5, 5.41) is 2.33. The first-order valence-corrected chi connectivity index (χ1v) is 9.32. The van der Waals surface area contributed by atoms with Gasteiger partial charge in [-0.1, -0.05) is 0 Å². The molecule has 3 fully saturated rings. The fraction of sp³-hybridized carbons (Fsp3) is 0.857. The molecule has 0 spiro atoms. The van der Waals surface area contributed by atoms with Crippen molar-refractivity contribution in [2.45, 2.75) is 56.4 Å². The van der Waals surface area contributed by atoms with Crippen LogP contribution in [0, 0.1) is 5.92 Å². The van der Waals surface area contributed by atoms with Crippen LogP contribution in [-0.4, -0.2) is 54.3 Å². The number of carbonyl (C=O) groups excluding carboxylic acids is 2. The molecule has 2 aliphatic heterocycles. The zero-order chi connectivity index (χ0) is 15.4. The van der Waals surface area contributed by atoms with Crippen LogP contribution in [0.4, 0.5) is 0 Å². The normalized spacial score (nSPS) is 39.4. The second-order valence-corrected chi connectivity index (χ2v) is 9.13. The molecule has 0 aromatic rings. The Morgan fingerprint density at radius 3 is 2.48 bits per heavy atom. The first-order chi connectivity index (χ1) is 9.75. The van der Waals surface area contributed by atoms with Gasteiger partial charge in [-0.2, -0.15) is 0 Å². The van der Waals surface area contributed by atoms with Gasteiger partial charge in [0.15, 0.2) is 9.84 Å². The SMILES string of the molecule is CC1C(=O)NC(C)(C2CC2)C(=O)N1CC1CCCS1(=O)=O. The highest BCUT2D eigenvalue weighted by Gasteiger charge is 2.55. The Labute approximate surface area is 125 Å². The van der Waals surface area contributed by atoms with Gasteiger partial charge in [0.2, 0.25) is 11.8 Å². The molecule has 0 aromatic heterocycles. The van der Waals surface area contributed by atoms with Crippen molar-refractivity contribution in [1.29, 1.82) is 0 Å². The van der Waals surface area contributed by atoms with Crippen LogP contribution in [0.15, 0.2) is 0 Å². The Balaban J connectivity index is 1.85. The van der Waals surface area contributed by atoms with Crippen LogP contribution < -0.4 is 5.32 Å². The third kappa shape index (κ3) is 2.35. The van der Waals surface area contributed by atoms with Crippen molar-refractivity contribution >= 4 is 21.7 Å². The lowest BCUT2D eigenvalue weighted by Gasteiger charge is -2.44. The zero-order valence-corrected chi connectivity index (χ0v) is 13.3. The van der Waals surface area contributed by atoms with E-state index in [0.717, 1.165) is 12.8 Å². The Morgan fingerprint density at radius 1 is 1.29 bits per heavy atom. The van der Waals surface area contributed by atoms with E-state index in [1.807, 2.05) is 0 Å². The number of piperazine rings is 1. The van der Waals surface area contributed by atoms with E-state index in [-0.39, 0.29) is 30.0 Å². The third-order valence-corrected chi connectivity index (χ3v) is 7.45. The lowest BCUT2D eigenvalue weighted by molar-refractivity contribution is -0.154. The van der Waals surface area contributed by atoms with Crippen LogP contribution in [0.5, 0.6) is 0 Å². The summed E-state index contributed by atoms with van der Waals surface area (Å²) in [6.45, 7) is 3.59. The largest absolute Gasteiger partial charge is 0.340 e. The van der Waals surface area contributed by atoms with Crippen LogP contribution in [0.1, 0.15) is 39.5 Å². The number of hydrogen-bond donors (Lipinski definition) is 1. The average Bonchev–Trinajstić information content (AvgIpc) is 3.19. The van der Waals surface area contributed by atoms with Gasteiger partial charge in [0.05, 0.1) is 11.0 Å². The summed E-state index contributed by atoms with van der Waals surface area (Å²) in [6, 6.07) is -0.597. The maximum Gasteiger partial charge on any atom is 0.249 e. The van der Waals surface area contributed by atoms with E-state index in [0.29, 0.717) is 12.8 Å². The predicted octanol–water partition coefficient (Wildman–Crippen LogP) is 0.0792. The van der Waals surface area contributed by atoms with Crippen LogP contribution >= 0.6 is 0 Å². The molecule has 21 heavy (non-hydrogen) atoms. The highest BCUT2D eigenvalue weighted by Crippen LogP contribution is 2.42. The van der Waals surface area contributed by atoms with Crippen molar-refractivity contribution in [2.24, 2.45) is 5.92 Å². The van der Waals surface area contributed by atoms with E-state index in [4.69, 9.17) is 0 Å². The minimum absolute atomic E-state index is 0.126. The number of rotatable bonds is 3. The van der Waals surface area contributed by atoms with Crippen molar-refractivity contribution in [3.05, 3.63) is 0 Å². The van der Waals surface area contributed by atoms with E-state index in [1.54, 1.807) is 13.8 Å². The van der Waals surface area contributed by atoms with Gasteiger partial charge in [0, 0.05) is 6.54 Å². The Kier molecular flexibility index (Phi) is 3.31. The third-order valence-electron chi connectivity index (χ3n) is 5.19. The van der Waals surface area contributed by atoms with Gasteiger partial charge in [-0.3, -0.25) is 9.59 Å². The van der Waals surface area contributed by atoms with Crippen LogP contribution in [0.3, 0.4) is 0 Å². The fourth-order valence-electron chi connectivity index (χ4n) is 3.49. The van der Waals surface area contributed by atoms with Gasteiger partial charge in [0.25, 0.3) is 0 Å². The minimum Gasteiger partial charge on any atom is -0.340 e. The van der Waals surface area contributed by atoms with Gasteiger partial charge in [-0.15, -0.1) is 0 Å². The van der Waals surface area contributed by atoms with Crippen molar-refractivity contribution < 1.29 is 18.0 Å². The Morgan fingerprint density at radius 2 is 1.95 bits per heavy atom. The molecule has 7 heteroatoms. The number of hydrogen-bond acceptors (Lipinski definition) is 4. The number of carbonyl (C=O) groups is 2. The van der Waals surface area contributed by atoms with Crippen LogP contribution in [0.25, 0.3) is 0 Å². The fourth-order valence-corrected chi connectivity index (χ4v) is 5.31. The molecule has 3 aliphatic rings. The minimum atomic E-state index is -3.12. The molecule has 3 unspecified atom stereocenters. The maximum absolute atomic E-state index is 12.8. The zero-order valence-electron chi connectivity index (χ0n) is 12.5. The predicted molar refractivity (Wildman–Crippen MR) is 77.3 cm³/mol. The van der Waals surface area contributed by atoms with Gasteiger partial charge < -0.3 is 10.2 Å². The topological polar surface area (TPSA) is 83.6 Å². The summed E-state index contributed by atoms with van der Waals surface area (Å²) >= 11 is 0. The first-order valence-electron chi connectivity index (χ1n) is 7.60. The van der Waals surface area contributed by atoms with Gasteiger partial charge in [0.1, 0.15) is 11.6 Å². The van der Waals surface area contributed by atoms with Gasteiger partial charge >= 0.3 is 0 Å². The molecule has 3 atom stereocenters. The maximum atomic E-state index is 12.8. The smallest absolute Gasteiger partial charge is 0.249 e. The number of amides is 2. The molecule has 2 heterocycles. The van der Waals surface area contributed by atoms with Crippen LogP contribution in [0.2, 0.25) is 0 Å².